The summed E-state index contributed by atoms with van der Waals surface area (Å²) in [5.74, 6) is 1.60. The molecule has 0 bridgehead atoms. The van der Waals surface area contributed by atoms with Crippen LogP contribution in [0.1, 0.15) is 18.6 Å². The molecule has 2 aromatic rings. The quantitative estimate of drug-likeness (QED) is 0.914. The van der Waals surface area contributed by atoms with Crippen LogP contribution in [0.3, 0.4) is 0 Å². The molecule has 1 unspecified atom stereocenters. The van der Waals surface area contributed by atoms with Crippen molar-refractivity contribution in [3.05, 3.63) is 53.1 Å². The number of fused-ring (bicyclic) bond motifs is 1. The highest BCUT2D eigenvalue weighted by Crippen LogP contribution is 2.39. The molecule has 2 aromatic carbocycles. The van der Waals surface area contributed by atoms with Crippen LogP contribution in [0.4, 0.5) is 5.69 Å². The van der Waals surface area contributed by atoms with Gasteiger partial charge in [-0.3, -0.25) is 0 Å². The molecule has 0 saturated heterocycles. The Morgan fingerprint density at radius 3 is 2.80 bits per heavy atom. The summed E-state index contributed by atoms with van der Waals surface area (Å²) in [6.07, 6.45) is -0.0434. The lowest BCUT2D eigenvalue weighted by molar-refractivity contribution is 0.210. The van der Waals surface area contributed by atoms with E-state index in [9.17, 15) is 0 Å². The number of anilines is 1. The van der Waals surface area contributed by atoms with E-state index in [-0.39, 0.29) is 6.10 Å². The minimum Gasteiger partial charge on any atom is -0.494 e. The summed E-state index contributed by atoms with van der Waals surface area (Å²) in [5.41, 5.74) is 2.05. The standard InChI is InChI=1S/C16H16ClNO2/c1-2-19-12-8-6-11(7-9-12)15-10-18-14-5-3-4-13(17)16(14)20-15/h3-9,15,18H,2,10H2,1H3. The van der Waals surface area contributed by atoms with E-state index >= 15 is 0 Å². The van der Waals surface area contributed by atoms with Crippen molar-refractivity contribution in [1.29, 1.82) is 0 Å². The summed E-state index contributed by atoms with van der Waals surface area (Å²) in [6, 6.07) is 13.7. The first kappa shape index (κ1) is 13.1. The summed E-state index contributed by atoms with van der Waals surface area (Å²) in [7, 11) is 0. The van der Waals surface area contributed by atoms with Crippen LogP contribution in [0.5, 0.6) is 11.5 Å². The lowest BCUT2D eigenvalue weighted by Gasteiger charge is -2.28. The third-order valence-corrected chi connectivity index (χ3v) is 3.57. The summed E-state index contributed by atoms with van der Waals surface area (Å²) in [5, 5.41) is 3.98. The van der Waals surface area contributed by atoms with Gasteiger partial charge in [-0.2, -0.15) is 0 Å². The maximum atomic E-state index is 6.18. The smallest absolute Gasteiger partial charge is 0.161 e. The van der Waals surface area contributed by atoms with E-state index in [1.807, 2.05) is 49.4 Å². The molecule has 0 aliphatic carbocycles. The van der Waals surface area contributed by atoms with Gasteiger partial charge >= 0.3 is 0 Å². The minimum atomic E-state index is -0.0434. The molecular weight excluding hydrogens is 274 g/mol. The van der Waals surface area contributed by atoms with Crippen molar-refractivity contribution < 1.29 is 9.47 Å². The van der Waals surface area contributed by atoms with Crippen LogP contribution in [0.25, 0.3) is 0 Å². The lowest BCUT2D eigenvalue weighted by Crippen LogP contribution is -2.23. The van der Waals surface area contributed by atoms with Gasteiger partial charge in [0.15, 0.2) is 5.75 Å². The van der Waals surface area contributed by atoms with Gasteiger partial charge in [0.1, 0.15) is 11.9 Å². The van der Waals surface area contributed by atoms with Crippen molar-refractivity contribution in [2.45, 2.75) is 13.0 Å². The van der Waals surface area contributed by atoms with Gasteiger partial charge in [-0.25, -0.2) is 0 Å². The minimum absolute atomic E-state index is 0.0434. The van der Waals surface area contributed by atoms with Gasteiger partial charge in [-0.1, -0.05) is 29.8 Å². The topological polar surface area (TPSA) is 30.5 Å². The average molecular weight is 290 g/mol. The molecule has 0 aromatic heterocycles. The van der Waals surface area contributed by atoms with Crippen molar-refractivity contribution in [1.82, 2.24) is 0 Å². The molecule has 0 amide bonds. The van der Waals surface area contributed by atoms with Crippen molar-refractivity contribution in [2.24, 2.45) is 0 Å². The number of rotatable bonds is 3. The highest BCUT2D eigenvalue weighted by molar-refractivity contribution is 6.32. The van der Waals surface area contributed by atoms with Gasteiger partial charge in [0.25, 0.3) is 0 Å². The first-order chi connectivity index (χ1) is 9.78. The first-order valence-corrected chi connectivity index (χ1v) is 7.07. The number of hydrogen-bond acceptors (Lipinski definition) is 3. The van der Waals surface area contributed by atoms with Gasteiger partial charge in [-0.05, 0) is 36.8 Å². The molecule has 1 N–H and O–H groups in total. The fourth-order valence-electron chi connectivity index (χ4n) is 2.29. The Morgan fingerprint density at radius 1 is 1.25 bits per heavy atom. The highest BCUT2D eigenvalue weighted by atomic mass is 35.5. The second kappa shape index (κ2) is 5.63. The molecule has 0 saturated carbocycles. The van der Waals surface area contributed by atoms with E-state index in [1.165, 1.54) is 0 Å². The van der Waals surface area contributed by atoms with E-state index in [2.05, 4.69) is 5.32 Å². The van der Waals surface area contributed by atoms with Gasteiger partial charge in [-0.15, -0.1) is 0 Å². The molecule has 20 heavy (non-hydrogen) atoms. The van der Waals surface area contributed by atoms with Crippen LogP contribution in [0, 0.1) is 0 Å². The molecule has 0 radical (unpaired) electrons. The Balaban J connectivity index is 1.81. The van der Waals surface area contributed by atoms with Gasteiger partial charge in [0.05, 0.1) is 23.9 Å². The van der Waals surface area contributed by atoms with E-state index in [0.29, 0.717) is 11.6 Å². The number of benzene rings is 2. The predicted molar refractivity (Wildman–Crippen MR) is 80.9 cm³/mol. The van der Waals surface area contributed by atoms with Crippen LogP contribution in [0.15, 0.2) is 42.5 Å². The van der Waals surface area contributed by atoms with Gasteiger partial charge in [0, 0.05) is 0 Å². The zero-order valence-corrected chi connectivity index (χ0v) is 12.0. The van der Waals surface area contributed by atoms with E-state index < -0.39 is 0 Å². The highest BCUT2D eigenvalue weighted by Gasteiger charge is 2.22. The Hall–Kier alpha value is -1.87. The monoisotopic (exact) mass is 289 g/mol. The second-order valence-electron chi connectivity index (χ2n) is 4.61. The van der Waals surface area contributed by atoms with Gasteiger partial charge < -0.3 is 14.8 Å². The number of para-hydroxylation sites is 1. The molecular formula is C16H16ClNO2. The number of halogens is 1. The van der Waals surface area contributed by atoms with Crippen molar-refractivity contribution in [3.63, 3.8) is 0 Å². The van der Waals surface area contributed by atoms with E-state index in [4.69, 9.17) is 21.1 Å². The summed E-state index contributed by atoms with van der Waals surface area (Å²) >= 11 is 6.18. The predicted octanol–water partition coefficient (Wildman–Crippen LogP) is 4.28. The van der Waals surface area contributed by atoms with Crippen molar-refractivity contribution >= 4 is 17.3 Å². The summed E-state index contributed by atoms with van der Waals surface area (Å²) in [4.78, 5) is 0. The van der Waals surface area contributed by atoms with Crippen LogP contribution >= 0.6 is 11.6 Å². The molecule has 0 spiro atoms. The molecule has 104 valence electrons. The Bertz CT molecular complexity index is 598. The lowest BCUT2D eigenvalue weighted by atomic mass is 10.1. The van der Waals surface area contributed by atoms with E-state index in [0.717, 1.165) is 29.3 Å². The molecule has 3 rings (SSSR count). The summed E-state index contributed by atoms with van der Waals surface area (Å²) in [6.45, 7) is 3.37. The molecule has 3 nitrogen and oxygen atoms in total. The second-order valence-corrected chi connectivity index (χ2v) is 5.01. The molecule has 1 atom stereocenters. The Labute approximate surface area is 123 Å². The number of ether oxygens (including phenoxy) is 2. The van der Waals surface area contributed by atoms with Gasteiger partial charge in [0.2, 0.25) is 0 Å². The number of hydrogen-bond donors (Lipinski definition) is 1. The molecule has 0 fully saturated rings. The number of nitrogens with one attached hydrogen (secondary N) is 1. The fourth-order valence-corrected chi connectivity index (χ4v) is 2.50. The molecule has 4 heteroatoms. The van der Waals surface area contributed by atoms with Crippen LogP contribution < -0.4 is 14.8 Å². The molecule has 1 aliphatic heterocycles. The maximum Gasteiger partial charge on any atom is 0.161 e. The Kier molecular flexibility index (Phi) is 3.70. The fraction of sp³-hybridized carbons (Fsp3) is 0.250. The van der Waals surface area contributed by atoms with Crippen LogP contribution in [-0.4, -0.2) is 13.2 Å². The first-order valence-electron chi connectivity index (χ1n) is 6.69. The van der Waals surface area contributed by atoms with Crippen LogP contribution in [0.2, 0.25) is 5.02 Å². The van der Waals surface area contributed by atoms with Crippen molar-refractivity contribution in [2.75, 3.05) is 18.5 Å². The third kappa shape index (κ3) is 2.54. The zero-order chi connectivity index (χ0) is 13.9. The maximum absolute atomic E-state index is 6.18. The van der Waals surface area contributed by atoms with Crippen molar-refractivity contribution in [3.8, 4) is 11.5 Å². The SMILES string of the molecule is CCOc1ccc(C2CNc3cccc(Cl)c3O2)cc1. The van der Waals surface area contributed by atoms with Crippen LogP contribution in [-0.2, 0) is 0 Å². The summed E-state index contributed by atoms with van der Waals surface area (Å²) < 4.78 is 11.5. The van der Waals surface area contributed by atoms with E-state index in [1.54, 1.807) is 0 Å². The average Bonchev–Trinajstić information content (AvgIpc) is 2.49. The third-order valence-electron chi connectivity index (χ3n) is 3.27. The molecule has 1 heterocycles. The normalized spacial score (nSPS) is 16.8. The molecule has 1 aliphatic rings. The Morgan fingerprint density at radius 2 is 2.05 bits per heavy atom. The largest absolute Gasteiger partial charge is 0.494 e. The zero-order valence-electron chi connectivity index (χ0n) is 11.2.